The van der Waals surface area contributed by atoms with Crippen LogP contribution in [0.2, 0.25) is 0 Å². The van der Waals surface area contributed by atoms with Crippen molar-refractivity contribution >= 4 is 5.97 Å². The summed E-state index contributed by atoms with van der Waals surface area (Å²) in [5.74, 6) is 0.758. The SMILES string of the molecule is Cc1cc(C(C)(C)C)cc(C(C)(C)C)c1OC(=O)C1=CC(C(C)(C)C)CC(C(C)(C)C)=C1. The molecule has 0 radical (unpaired) electrons. The van der Waals surface area contributed by atoms with Crippen molar-refractivity contribution in [3.8, 4) is 5.75 Å². The monoisotopic (exact) mass is 438 g/mol. The molecule has 0 amide bonds. The lowest BCUT2D eigenvalue weighted by atomic mass is 9.69. The Morgan fingerprint density at radius 3 is 1.84 bits per heavy atom. The Kier molecular flexibility index (Phi) is 7.02. The van der Waals surface area contributed by atoms with Gasteiger partial charge in [0.2, 0.25) is 0 Å². The van der Waals surface area contributed by atoms with Gasteiger partial charge in [-0.1, -0.05) is 107 Å². The lowest BCUT2D eigenvalue weighted by molar-refractivity contribution is -0.130. The quantitative estimate of drug-likeness (QED) is 0.342. The van der Waals surface area contributed by atoms with E-state index in [0.29, 0.717) is 17.2 Å². The molecule has 0 bridgehead atoms. The Bertz CT molecular complexity index is 929. The van der Waals surface area contributed by atoms with Crippen molar-refractivity contribution in [1.29, 1.82) is 0 Å². The highest BCUT2D eigenvalue weighted by molar-refractivity contribution is 5.94. The zero-order valence-corrected chi connectivity index (χ0v) is 22.9. The minimum atomic E-state index is -0.252. The fourth-order valence-electron chi connectivity index (χ4n) is 4.06. The van der Waals surface area contributed by atoms with E-state index in [-0.39, 0.29) is 27.6 Å². The van der Waals surface area contributed by atoms with Crippen LogP contribution >= 0.6 is 0 Å². The molecule has 1 aliphatic rings. The summed E-state index contributed by atoms with van der Waals surface area (Å²) in [5, 5.41) is 0. The molecule has 1 aromatic carbocycles. The summed E-state index contributed by atoms with van der Waals surface area (Å²) in [5.41, 5.74) is 5.34. The maximum absolute atomic E-state index is 13.5. The zero-order chi connectivity index (χ0) is 24.9. The molecule has 0 fully saturated rings. The van der Waals surface area contributed by atoms with Gasteiger partial charge < -0.3 is 4.74 Å². The fourth-order valence-corrected chi connectivity index (χ4v) is 4.06. The van der Waals surface area contributed by atoms with Crippen molar-refractivity contribution in [1.82, 2.24) is 0 Å². The average Bonchev–Trinajstić information content (AvgIpc) is 2.59. The number of allylic oxidation sites excluding steroid dienone is 2. The van der Waals surface area contributed by atoms with Crippen LogP contribution in [0.3, 0.4) is 0 Å². The van der Waals surface area contributed by atoms with Gasteiger partial charge in [-0.3, -0.25) is 0 Å². The molecule has 1 aliphatic carbocycles. The summed E-state index contributed by atoms with van der Waals surface area (Å²) >= 11 is 0. The second-order valence-electron chi connectivity index (χ2n) is 13.8. The van der Waals surface area contributed by atoms with Gasteiger partial charge in [0.1, 0.15) is 5.75 Å². The van der Waals surface area contributed by atoms with Crippen LogP contribution in [-0.2, 0) is 15.6 Å². The number of carbonyl (C=O) groups excluding carboxylic acids is 1. The highest BCUT2D eigenvalue weighted by Gasteiger charge is 2.33. The van der Waals surface area contributed by atoms with Crippen LogP contribution in [0, 0.1) is 23.7 Å². The van der Waals surface area contributed by atoms with Crippen LogP contribution in [0.5, 0.6) is 5.75 Å². The molecular weight excluding hydrogens is 392 g/mol. The summed E-state index contributed by atoms with van der Waals surface area (Å²) in [6.07, 6.45) is 5.18. The summed E-state index contributed by atoms with van der Waals surface area (Å²) in [6, 6.07) is 4.39. The minimum Gasteiger partial charge on any atom is -0.422 e. The van der Waals surface area contributed by atoms with Gasteiger partial charge in [-0.25, -0.2) is 4.79 Å². The van der Waals surface area contributed by atoms with Gasteiger partial charge in [0.05, 0.1) is 5.57 Å². The maximum Gasteiger partial charge on any atom is 0.343 e. The third kappa shape index (κ3) is 6.15. The molecular formula is C30H46O2. The molecule has 1 unspecified atom stereocenters. The van der Waals surface area contributed by atoms with Gasteiger partial charge in [0, 0.05) is 5.56 Å². The zero-order valence-electron chi connectivity index (χ0n) is 22.9. The number of esters is 1. The third-order valence-electron chi connectivity index (χ3n) is 6.61. The molecule has 178 valence electrons. The summed E-state index contributed by atoms with van der Waals surface area (Å²) in [4.78, 5) is 13.5. The molecule has 0 spiro atoms. The van der Waals surface area contributed by atoms with Crippen LogP contribution < -0.4 is 4.74 Å². The first kappa shape index (κ1) is 26.4. The van der Waals surface area contributed by atoms with Crippen molar-refractivity contribution in [3.63, 3.8) is 0 Å². The van der Waals surface area contributed by atoms with Crippen LogP contribution in [0.25, 0.3) is 0 Å². The molecule has 2 rings (SSSR count). The normalized spacial score (nSPS) is 18.2. The van der Waals surface area contributed by atoms with Crippen LogP contribution in [0.4, 0.5) is 0 Å². The van der Waals surface area contributed by atoms with Crippen LogP contribution in [0.15, 0.2) is 35.4 Å². The van der Waals surface area contributed by atoms with E-state index < -0.39 is 0 Å². The van der Waals surface area contributed by atoms with Crippen molar-refractivity contribution in [2.75, 3.05) is 0 Å². The second kappa shape index (κ2) is 8.50. The summed E-state index contributed by atoms with van der Waals surface area (Å²) < 4.78 is 6.18. The van der Waals surface area contributed by atoms with E-state index in [1.54, 1.807) is 0 Å². The van der Waals surface area contributed by atoms with E-state index in [4.69, 9.17) is 4.74 Å². The first-order valence-electron chi connectivity index (χ1n) is 12.0. The molecule has 1 atom stereocenters. The largest absolute Gasteiger partial charge is 0.422 e. The van der Waals surface area contributed by atoms with E-state index in [0.717, 1.165) is 17.5 Å². The molecule has 0 saturated heterocycles. The molecule has 0 heterocycles. The number of carbonyl (C=O) groups is 1. The molecule has 0 saturated carbocycles. The number of ether oxygens (including phenoxy) is 1. The molecule has 2 heteroatoms. The molecule has 0 N–H and O–H groups in total. The third-order valence-corrected chi connectivity index (χ3v) is 6.61. The highest BCUT2D eigenvalue weighted by atomic mass is 16.5. The van der Waals surface area contributed by atoms with Gasteiger partial charge >= 0.3 is 5.97 Å². The van der Waals surface area contributed by atoms with Gasteiger partial charge in [-0.05, 0) is 58.1 Å². The van der Waals surface area contributed by atoms with Crippen molar-refractivity contribution in [2.45, 2.75) is 107 Å². The van der Waals surface area contributed by atoms with E-state index in [1.807, 2.05) is 0 Å². The Labute approximate surface area is 197 Å². The molecule has 2 nitrogen and oxygen atoms in total. The Balaban J connectivity index is 2.55. The first-order chi connectivity index (χ1) is 14.2. The molecule has 0 aromatic heterocycles. The minimum absolute atomic E-state index is 0.0180. The summed E-state index contributed by atoms with van der Waals surface area (Å²) in [6.45, 7) is 28.7. The van der Waals surface area contributed by atoms with Crippen molar-refractivity contribution in [2.24, 2.45) is 16.7 Å². The van der Waals surface area contributed by atoms with Gasteiger partial charge in [0.25, 0.3) is 0 Å². The smallest absolute Gasteiger partial charge is 0.343 e. The second-order valence-corrected chi connectivity index (χ2v) is 13.8. The number of rotatable bonds is 2. The number of hydrogen-bond acceptors (Lipinski definition) is 2. The number of aryl methyl sites for hydroxylation is 1. The molecule has 32 heavy (non-hydrogen) atoms. The van der Waals surface area contributed by atoms with Gasteiger partial charge in [-0.15, -0.1) is 0 Å². The Morgan fingerprint density at radius 1 is 0.844 bits per heavy atom. The standard InChI is InChI=1S/C30H46O2/c1-19-14-21(27(2,3)4)18-24(30(11,12)13)25(19)32-26(31)20-15-22(28(5,6)7)17-23(16-20)29(8,9)10/h14-16,18,22H,17H2,1-13H3. The van der Waals surface area contributed by atoms with E-state index in [1.165, 1.54) is 11.1 Å². The van der Waals surface area contributed by atoms with E-state index >= 15 is 0 Å². The molecule has 1 aromatic rings. The van der Waals surface area contributed by atoms with Gasteiger partial charge in [0.15, 0.2) is 0 Å². The first-order valence-corrected chi connectivity index (χ1v) is 12.0. The van der Waals surface area contributed by atoms with Crippen LogP contribution in [-0.4, -0.2) is 5.97 Å². The predicted octanol–water partition coefficient (Wildman–Crippen LogP) is 8.46. The van der Waals surface area contributed by atoms with Crippen LogP contribution in [0.1, 0.15) is 106 Å². The number of benzene rings is 1. The Hall–Kier alpha value is -1.83. The average molecular weight is 439 g/mol. The van der Waals surface area contributed by atoms with E-state index in [2.05, 4.69) is 114 Å². The van der Waals surface area contributed by atoms with E-state index in [9.17, 15) is 4.79 Å². The lowest BCUT2D eigenvalue weighted by Crippen LogP contribution is -2.27. The molecule has 0 aliphatic heterocycles. The van der Waals surface area contributed by atoms with Gasteiger partial charge in [-0.2, -0.15) is 0 Å². The van der Waals surface area contributed by atoms with Crippen molar-refractivity contribution in [3.05, 3.63) is 52.1 Å². The number of hydrogen-bond donors (Lipinski definition) is 0. The Morgan fingerprint density at radius 2 is 1.41 bits per heavy atom. The summed E-state index contributed by atoms with van der Waals surface area (Å²) in [7, 11) is 0. The maximum atomic E-state index is 13.5. The lowest BCUT2D eigenvalue weighted by Gasteiger charge is -2.36. The van der Waals surface area contributed by atoms with Crippen molar-refractivity contribution < 1.29 is 9.53 Å². The fraction of sp³-hybridized carbons (Fsp3) is 0.633. The topological polar surface area (TPSA) is 26.3 Å². The predicted molar refractivity (Wildman–Crippen MR) is 137 cm³/mol. The highest BCUT2D eigenvalue weighted by Crippen LogP contribution is 2.43.